The average molecular weight is 221 g/mol. The third-order valence-electron chi connectivity index (χ3n) is 2.54. The van der Waals surface area contributed by atoms with Crippen LogP contribution in [0.2, 0.25) is 0 Å². The second kappa shape index (κ2) is 3.36. The number of hydroxylamine groups is 1. The summed E-state index contributed by atoms with van der Waals surface area (Å²) in [5.41, 5.74) is 10.4. The Kier molecular flexibility index (Phi) is 2.00. The van der Waals surface area contributed by atoms with Gasteiger partial charge in [-0.15, -0.1) is 11.3 Å². The van der Waals surface area contributed by atoms with Gasteiger partial charge < -0.3 is 5.73 Å². The minimum absolute atomic E-state index is 0.718. The number of benzene rings is 1. The Bertz CT molecular complexity index is 490. The fourth-order valence-corrected chi connectivity index (χ4v) is 2.49. The van der Waals surface area contributed by atoms with E-state index in [9.17, 15) is 0 Å². The van der Waals surface area contributed by atoms with Crippen LogP contribution in [0.3, 0.4) is 0 Å². The van der Waals surface area contributed by atoms with Crippen LogP contribution >= 0.6 is 11.3 Å². The molecule has 1 saturated heterocycles. The molecule has 78 valence electrons. The van der Waals surface area contributed by atoms with Crippen LogP contribution in [0.15, 0.2) is 17.6 Å². The van der Waals surface area contributed by atoms with Crippen molar-refractivity contribution >= 4 is 32.9 Å². The molecule has 0 amide bonds. The number of hydrogen-bond donors (Lipinski definition) is 1. The van der Waals surface area contributed by atoms with Gasteiger partial charge in [-0.1, -0.05) is 0 Å². The van der Waals surface area contributed by atoms with Crippen molar-refractivity contribution in [3.8, 4) is 0 Å². The van der Waals surface area contributed by atoms with E-state index in [0.29, 0.717) is 0 Å². The van der Waals surface area contributed by atoms with E-state index in [1.165, 1.54) is 0 Å². The summed E-state index contributed by atoms with van der Waals surface area (Å²) in [6.07, 6.45) is 1.05. The fourth-order valence-electron chi connectivity index (χ4n) is 1.80. The molecule has 4 nitrogen and oxygen atoms in total. The highest BCUT2D eigenvalue weighted by atomic mass is 32.1. The molecule has 0 bridgehead atoms. The molecule has 1 fully saturated rings. The van der Waals surface area contributed by atoms with Crippen LogP contribution in [0.4, 0.5) is 11.4 Å². The van der Waals surface area contributed by atoms with Gasteiger partial charge in [0.2, 0.25) is 0 Å². The summed E-state index contributed by atoms with van der Waals surface area (Å²) >= 11 is 1.60. The van der Waals surface area contributed by atoms with Crippen LogP contribution in [0, 0.1) is 0 Å². The summed E-state index contributed by atoms with van der Waals surface area (Å²) in [6, 6.07) is 4.04. The van der Waals surface area contributed by atoms with E-state index < -0.39 is 0 Å². The third kappa shape index (κ3) is 1.35. The second-order valence-electron chi connectivity index (χ2n) is 3.49. The fraction of sp³-hybridized carbons (Fsp3) is 0.300. The van der Waals surface area contributed by atoms with E-state index in [4.69, 9.17) is 10.6 Å². The predicted molar refractivity (Wildman–Crippen MR) is 61.9 cm³/mol. The first-order valence-electron chi connectivity index (χ1n) is 4.88. The largest absolute Gasteiger partial charge is 0.395 e. The van der Waals surface area contributed by atoms with Gasteiger partial charge in [-0.05, 0) is 18.6 Å². The van der Waals surface area contributed by atoms with Crippen molar-refractivity contribution < 1.29 is 4.84 Å². The molecule has 2 N–H and O–H groups in total. The first-order valence-corrected chi connectivity index (χ1v) is 5.76. The Balaban J connectivity index is 2.13. The Hall–Kier alpha value is -1.33. The molecular formula is C10H11N3OS. The molecule has 0 aliphatic carbocycles. The van der Waals surface area contributed by atoms with Gasteiger partial charge in [0.25, 0.3) is 0 Å². The quantitative estimate of drug-likeness (QED) is 0.748. The van der Waals surface area contributed by atoms with Gasteiger partial charge >= 0.3 is 0 Å². The lowest BCUT2D eigenvalue weighted by atomic mass is 10.2. The summed E-state index contributed by atoms with van der Waals surface area (Å²) in [5, 5.41) is 1.86. The van der Waals surface area contributed by atoms with Crippen LogP contribution in [0.1, 0.15) is 6.42 Å². The summed E-state index contributed by atoms with van der Waals surface area (Å²) in [5.74, 6) is 0. The molecule has 2 heterocycles. The summed E-state index contributed by atoms with van der Waals surface area (Å²) in [7, 11) is 0. The number of hydrogen-bond acceptors (Lipinski definition) is 5. The van der Waals surface area contributed by atoms with Gasteiger partial charge in [-0.2, -0.15) is 0 Å². The van der Waals surface area contributed by atoms with E-state index in [0.717, 1.165) is 41.2 Å². The molecule has 1 aromatic heterocycles. The topological polar surface area (TPSA) is 51.4 Å². The van der Waals surface area contributed by atoms with Crippen LogP contribution in [0.25, 0.3) is 10.2 Å². The number of nitrogens with two attached hydrogens (primary N) is 1. The SMILES string of the molecule is Nc1c(N2CCCO2)ccc2scnc12. The number of thiazole rings is 1. The van der Waals surface area contributed by atoms with Crippen molar-refractivity contribution in [1.29, 1.82) is 0 Å². The second-order valence-corrected chi connectivity index (χ2v) is 4.37. The minimum Gasteiger partial charge on any atom is -0.395 e. The van der Waals surface area contributed by atoms with Crippen molar-refractivity contribution in [3.05, 3.63) is 17.6 Å². The van der Waals surface area contributed by atoms with E-state index in [2.05, 4.69) is 4.98 Å². The third-order valence-corrected chi connectivity index (χ3v) is 3.33. The number of fused-ring (bicyclic) bond motifs is 1. The molecule has 1 aliphatic rings. The van der Waals surface area contributed by atoms with Crippen molar-refractivity contribution in [2.24, 2.45) is 0 Å². The molecule has 5 heteroatoms. The van der Waals surface area contributed by atoms with E-state index in [-0.39, 0.29) is 0 Å². The number of nitrogen functional groups attached to an aromatic ring is 1. The Morgan fingerprint density at radius 2 is 2.40 bits per heavy atom. The van der Waals surface area contributed by atoms with Gasteiger partial charge in [0.05, 0.1) is 28.2 Å². The Morgan fingerprint density at radius 3 is 3.20 bits per heavy atom. The minimum atomic E-state index is 0.718. The Morgan fingerprint density at radius 1 is 1.47 bits per heavy atom. The van der Waals surface area contributed by atoms with Crippen molar-refractivity contribution in [3.63, 3.8) is 0 Å². The zero-order valence-corrected chi connectivity index (χ0v) is 8.96. The Labute approximate surface area is 91.2 Å². The average Bonchev–Trinajstić information content (AvgIpc) is 2.87. The molecule has 0 atom stereocenters. The van der Waals surface area contributed by atoms with E-state index in [1.807, 2.05) is 22.7 Å². The molecule has 3 rings (SSSR count). The number of anilines is 2. The van der Waals surface area contributed by atoms with Crippen LogP contribution < -0.4 is 10.8 Å². The molecule has 2 aromatic rings. The number of nitrogens with zero attached hydrogens (tertiary/aromatic N) is 2. The van der Waals surface area contributed by atoms with Gasteiger partial charge in [-0.3, -0.25) is 9.90 Å². The maximum Gasteiger partial charge on any atom is 0.106 e. The summed E-state index contributed by atoms with van der Waals surface area (Å²) in [4.78, 5) is 9.74. The van der Waals surface area contributed by atoms with E-state index >= 15 is 0 Å². The van der Waals surface area contributed by atoms with Crippen molar-refractivity contribution in [1.82, 2.24) is 4.98 Å². The summed E-state index contributed by atoms with van der Waals surface area (Å²) in [6.45, 7) is 1.67. The molecule has 1 aliphatic heterocycles. The smallest absolute Gasteiger partial charge is 0.106 e. The number of aromatic nitrogens is 1. The van der Waals surface area contributed by atoms with Crippen LogP contribution in [-0.2, 0) is 4.84 Å². The molecule has 0 radical (unpaired) electrons. The van der Waals surface area contributed by atoms with Gasteiger partial charge in [0.1, 0.15) is 5.52 Å². The first-order chi connectivity index (χ1) is 7.36. The number of rotatable bonds is 1. The predicted octanol–water partition coefficient (Wildman–Crippen LogP) is 2.02. The molecular weight excluding hydrogens is 210 g/mol. The maximum atomic E-state index is 6.07. The zero-order chi connectivity index (χ0) is 10.3. The van der Waals surface area contributed by atoms with Crippen LogP contribution in [-0.4, -0.2) is 18.1 Å². The van der Waals surface area contributed by atoms with Gasteiger partial charge in [0.15, 0.2) is 0 Å². The van der Waals surface area contributed by atoms with Crippen LogP contribution in [0.5, 0.6) is 0 Å². The molecule has 1 aromatic carbocycles. The molecule has 15 heavy (non-hydrogen) atoms. The first kappa shape index (κ1) is 8.94. The highest BCUT2D eigenvalue weighted by Crippen LogP contribution is 2.33. The monoisotopic (exact) mass is 221 g/mol. The standard InChI is InChI=1S/C10H11N3OS/c11-9-7(13-4-1-5-14-13)2-3-8-10(9)12-6-15-8/h2-3,6H,1,4-5,11H2. The molecule has 0 unspecified atom stereocenters. The zero-order valence-electron chi connectivity index (χ0n) is 8.14. The van der Waals surface area contributed by atoms with Crippen molar-refractivity contribution in [2.75, 3.05) is 23.9 Å². The van der Waals surface area contributed by atoms with Crippen molar-refractivity contribution in [2.45, 2.75) is 6.42 Å². The van der Waals surface area contributed by atoms with Gasteiger partial charge in [0, 0.05) is 6.54 Å². The summed E-state index contributed by atoms with van der Waals surface area (Å²) < 4.78 is 1.12. The highest BCUT2D eigenvalue weighted by Gasteiger charge is 2.17. The highest BCUT2D eigenvalue weighted by molar-refractivity contribution is 7.16. The normalized spacial score (nSPS) is 16.4. The lowest BCUT2D eigenvalue weighted by molar-refractivity contribution is 0.168. The molecule has 0 spiro atoms. The molecule has 0 saturated carbocycles. The van der Waals surface area contributed by atoms with Gasteiger partial charge in [-0.25, -0.2) is 4.98 Å². The lowest BCUT2D eigenvalue weighted by Crippen LogP contribution is -2.17. The lowest BCUT2D eigenvalue weighted by Gasteiger charge is -2.17. The maximum absolute atomic E-state index is 6.07. The van der Waals surface area contributed by atoms with E-state index in [1.54, 1.807) is 11.3 Å².